The fraction of sp³-hybridized carbons (Fsp3) is 0.692. The van der Waals surface area contributed by atoms with Crippen molar-refractivity contribution in [3.63, 3.8) is 0 Å². The van der Waals surface area contributed by atoms with Gasteiger partial charge in [0.1, 0.15) is 5.82 Å². The van der Waals surface area contributed by atoms with Gasteiger partial charge in [0.25, 0.3) is 0 Å². The van der Waals surface area contributed by atoms with E-state index in [-0.39, 0.29) is 0 Å². The molecule has 0 saturated carbocycles. The van der Waals surface area contributed by atoms with E-state index in [0.29, 0.717) is 12.0 Å². The van der Waals surface area contributed by atoms with E-state index in [4.69, 9.17) is 0 Å². The van der Waals surface area contributed by atoms with Gasteiger partial charge in [-0.25, -0.2) is 4.98 Å². The zero-order valence-electron chi connectivity index (χ0n) is 11.5. The number of hydrogen-bond acceptors (Lipinski definition) is 4. The highest BCUT2D eigenvalue weighted by Crippen LogP contribution is 2.22. The fourth-order valence-electron chi connectivity index (χ4n) is 1.87. The predicted molar refractivity (Wildman–Crippen MR) is 81.1 cm³/mol. The molecule has 1 aromatic rings. The maximum absolute atomic E-state index is 4.44. The van der Waals surface area contributed by atoms with Gasteiger partial charge < -0.3 is 10.6 Å². The summed E-state index contributed by atoms with van der Waals surface area (Å²) in [6.07, 6.45) is 7.81. The van der Waals surface area contributed by atoms with Gasteiger partial charge >= 0.3 is 0 Å². The van der Waals surface area contributed by atoms with Crippen molar-refractivity contribution in [2.75, 3.05) is 17.7 Å². The second kappa shape index (κ2) is 8.29. The van der Waals surface area contributed by atoms with Crippen LogP contribution in [0, 0.1) is 0 Å². The molecule has 0 aromatic carbocycles. The molecule has 1 atom stereocenters. The van der Waals surface area contributed by atoms with E-state index in [2.05, 4.69) is 50.4 Å². The molecular weight excluding hydrogens is 292 g/mol. The molecule has 1 unspecified atom stereocenters. The number of aromatic nitrogens is 2. The van der Waals surface area contributed by atoms with Crippen molar-refractivity contribution in [2.45, 2.75) is 52.0 Å². The minimum atomic E-state index is 0.492. The summed E-state index contributed by atoms with van der Waals surface area (Å²) in [6.45, 7) is 4.44. The molecule has 0 aliphatic heterocycles. The van der Waals surface area contributed by atoms with Gasteiger partial charge in [0.05, 0.1) is 4.47 Å². The topological polar surface area (TPSA) is 49.8 Å². The Balaban J connectivity index is 2.72. The van der Waals surface area contributed by atoms with E-state index in [9.17, 15) is 0 Å². The highest BCUT2D eigenvalue weighted by molar-refractivity contribution is 9.10. The number of nitrogens with zero attached hydrogens (tertiary/aromatic N) is 2. The van der Waals surface area contributed by atoms with E-state index in [1.165, 1.54) is 32.1 Å². The summed E-state index contributed by atoms with van der Waals surface area (Å²) in [4.78, 5) is 8.60. The van der Waals surface area contributed by atoms with Gasteiger partial charge in [0.15, 0.2) is 0 Å². The Bertz CT molecular complexity index is 357. The van der Waals surface area contributed by atoms with Crippen LogP contribution >= 0.6 is 15.9 Å². The van der Waals surface area contributed by atoms with Crippen LogP contribution in [-0.4, -0.2) is 23.1 Å². The van der Waals surface area contributed by atoms with E-state index in [0.717, 1.165) is 10.3 Å². The van der Waals surface area contributed by atoms with Crippen molar-refractivity contribution in [3.05, 3.63) is 10.7 Å². The van der Waals surface area contributed by atoms with Gasteiger partial charge in [0.2, 0.25) is 5.95 Å². The lowest BCUT2D eigenvalue weighted by molar-refractivity contribution is 0.562. The highest BCUT2D eigenvalue weighted by Gasteiger charge is 2.11. The third-order valence-corrected chi connectivity index (χ3v) is 3.43. The largest absolute Gasteiger partial charge is 0.366 e. The van der Waals surface area contributed by atoms with Gasteiger partial charge in [-0.2, -0.15) is 4.98 Å². The van der Waals surface area contributed by atoms with E-state index < -0.39 is 0 Å². The molecule has 0 aliphatic carbocycles. The first-order chi connectivity index (χ1) is 8.71. The van der Waals surface area contributed by atoms with E-state index in [1.54, 1.807) is 6.20 Å². The highest BCUT2D eigenvalue weighted by atomic mass is 79.9. The Morgan fingerprint density at radius 3 is 2.67 bits per heavy atom. The first-order valence-electron chi connectivity index (χ1n) is 6.68. The summed E-state index contributed by atoms with van der Waals surface area (Å²) < 4.78 is 0.916. The molecule has 102 valence electrons. The van der Waals surface area contributed by atoms with Gasteiger partial charge in [0, 0.05) is 19.3 Å². The van der Waals surface area contributed by atoms with Crippen LogP contribution < -0.4 is 10.6 Å². The Labute approximate surface area is 118 Å². The van der Waals surface area contributed by atoms with Crippen molar-refractivity contribution < 1.29 is 0 Å². The van der Waals surface area contributed by atoms with Crippen molar-refractivity contribution in [1.82, 2.24) is 9.97 Å². The lowest BCUT2D eigenvalue weighted by atomic mass is 10.1. The van der Waals surface area contributed by atoms with Crippen LogP contribution in [0.15, 0.2) is 10.7 Å². The third-order valence-electron chi connectivity index (χ3n) is 2.85. The average molecular weight is 315 g/mol. The van der Waals surface area contributed by atoms with Crippen molar-refractivity contribution in [3.8, 4) is 0 Å². The Hall–Kier alpha value is -0.840. The summed E-state index contributed by atoms with van der Waals surface area (Å²) in [5.41, 5.74) is 0. The monoisotopic (exact) mass is 314 g/mol. The number of hydrogen-bond donors (Lipinski definition) is 2. The van der Waals surface area contributed by atoms with Crippen LogP contribution in [0.5, 0.6) is 0 Å². The Morgan fingerprint density at radius 1 is 1.28 bits per heavy atom. The fourth-order valence-corrected chi connectivity index (χ4v) is 2.18. The summed E-state index contributed by atoms with van der Waals surface area (Å²) in [5.74, 6) is 1.52. The number of nitrogens with one attached hydrogen (secondary N) is 2. The van der Waals surface area contributed by atoms with Crippen LogP contribution in [0.4, 0.5) is 11.8 Å². The molecule has 5 heteroatoms. The molecule has 1 rings (SSSR count). The molecule has 0 bridgehead atoms. The molecule has 0 saturated heterocycles. The second-order valence-corrected chi connectivity index (χ2v) is 5.27. The molecule has 18 heavy (non-hydrogen) atoms. The summed E-state index contributed by atoms with van der Waals surface area (Å²) in [6, 6.07) is 0.492. The number of unbranched alkanes of at least 4 members (excludes halogenated alkanes) is 1. The molecule has 2 N–H and O–H groups in total. The van der Waals surface area contributed by atoms with E-state index in [1.807, 2.05) is 7.05 Å². The first-order valence-corrected chi connectivity index (χ1v) is 7.47. The number of halogens is 1. The Kier molecular flexibility index (Phi) is 7.01. The van der Waals surface area contributed by atoms with Crippen LogP contribution in [0.2, 0.25) is 0 Å². The zero-order valence-corrected chi connectivity index (χ0v) is 13.0. The van der Waals surface area contributed by atoms with Crippen LogP contribution in [0.3, 0.4) is 0 Å². The lowest BCUT2D eigenvalue weighted by Crippen LogP contribution is -2.20. The summed E-state index contributed by atoms with van der Waals surface area (Å²) in [5, 5.41) is 6.48. The van der Waals surface area contributed by atoms with Crippen LogP contribution in [0.25, 0.3) is 0 Å². The number of rotatable bonds is 8. The van der Waals surface area contributed by atoms with Crippen molar-refractivity contribution >= 4 is 27.7 Å². The second-order valence-electron chi connectivity index (χ2n) is 4.41. The molecule has 1 aromatic heterocycles. The van der Waals surface area contributed by atoms with Crippen molar-refractivity contribution in [2.24, 2.45) is 0 Å². The first kappa shape index (κ1) is 15.2. The molecule has 1 heterocycles. The number of anilines is 2. The minimum absolute atomic E-state index is 0.492. The zero-order chi connectivity index (χ0) is 13.4. The maximum atomic E-state index is 4.44. The maximum Gasteiger partial charge on any atom is 0.224 e. The summed E-state index contributed by atoms with van der Waals surface area (Å²) in [7, 11) is 1.83. The lowest BCUT2D eigenvalue weighted by Gasteiger charge is -2.19. The molecule has 0 radical (unpaired) electrons. The molecule has 0 spiro atoms. The van der Waals surface area contributed by atoms with Gasteiger partial charge in [-0.15, -0.1) is 0 Å². The molecular formula is C13H23BrN4. The minimum Gasteiger partial charge on any atom is -0.366 e. The quantitative estimate of drug-likeness (QED) is 0.760. The molecule has 0 fully saturated rings. The normalized spacial score (nSPS) is 12.2. The predicted octanol–water partition coefficient (Wildman–Crippen LogP) is 4.05. The average Bonchev–Trinajstić information content (AvgIpc) is 2.38. The van der Waals surface area contributed by atoms with Gasteiger partial charge in [-0.1, -0.05) is 33.1 Å². The molecule has 4 nitrogen and oxygen atoms in total. The van der Waals surface area contributed by atoms with E-state index >= 15 is 0 Å². The Morgan fingerprint density at radius 2 is 2.06 bits per heavy atom. The molecule has 0 amide bonds. The van der Waals surface area contributed by atoms with Crippen LogP contribution in [0.1, 0.15) is 46.0 Å². The standard InChI is InChI=1S/C13H23BrN4/c1-4-6-8-10(7-5-2)17-12-11(14)9-16-13(15-3)18-12/h9-10H,4-8H2,1-3H3,(H2,15,16,17,18). The smallest absolute Gasteiger partial charge is 0.224 e. The summed E-state index contributed by atoms with van der Waals surface area (Å²) >= 11 is 3.49. The SMILES string of the molecule is CCCCC(CCC)Nc1nc(NC)ncc1Br. The third kappa shape index (κ3) is 4.80. The molecule has 0 aliphatic rings. The van der Waals surface area contributed by atoms with Gasteiger partial charge in [-0.3, -0.25) is 0 Å². The van der Waals surface area contributed by atoms with Crippen molar-refractivity contribution in [1.29, 1.82) is 0 Å². The van der Waals surface area contributed by atoms with Gasteiger partial charge in [-0.05, 0) is 28.8 Å². The van der Waals surface area contributed by atoms with Crippen LogP contribution in [-0.2, 0) is 0 Å².